The summed E-state index contributed by atoms with van der Waals surface area (Å²) in [6.45, 7) is 0. The van der Waals surface area contributed by atoms with Crippen molar-refractivity contribution in [3.05, 3.63) is 28.7 Å². The molecule has 0 radical (unpaired) electrons. The quantitative estimate of drug-likeness (QED) is 0.810. The molecule has 0 aliphatic carbocycles. The second-order valence-electron chi connectivity index (χ2n) is 3.42. The van der Waals surface area contributed by atoms with Gasteiger partial charge in [-0.3, -0.25) is 4.79 Å². The van der Waals surface area contributed by atoms with Crippen molar-refractivity contribution < 1.29 is 18.3 Å². The number of thioether (sulfide) groups is 1. The van der Waals surface area contributed by atoms with Gasteiger partial charge in [0.05, 0.1) is 4.90 Å². The molecule has 8 heteroatoms. The Morgan fingerprint density at radius 1 is 1.44 bits per heavy atom. The van der Waals surface area contributed by atoms with E-state index in [1.165, 1.54) is 23.9 Å². The molecule has 1 aromatic carbocycles. The molecule has 0 saturated heterocycles. The van der Waals surface area contributed by atoms with Crippen molar-refractivity contribution in [2.75, 3.05) is 12.0 Å². The van der Waals surface area contributed by atoms with Crippen molar-refractivity contribution >= 4 is 43.7 Å². The molecule has 0 heterocycles. The first-order valence-corrected chi connectivity index (χ1v) is 8.53. The average molecular weight is 354 g/mol. The molecular formula is C10H12BrNO4S2. The van der Waals surface area contributed by atoms with Gasteiger partial charge in [0.15, 0.2) is 0 Å². The minimum Gasteiger partial charge on any atom is -0.480 e. The first-order chi connectivity index (χ1) is 8.36. The van der Waals surface area contributed by atoms with Crippen LogP contribution in [0.3, 0.4) is 0 Å². The van der Waals surface area contributed by atoms with Crippen molar-refractivity contribution in [3.63, 3.8) is 0 Å². The van der Waals surface area contributed by atoms with Crippen LogP contribution in [0.15, 0.2) is 33.6 Å². The Morgan fingerprint density at radius 2 is 2.00 bits per heavy atom. The van der Waals surface area contributed by atoms with Gasteiger partial charge in [-0.2, -0.15) is 16.5 Å². The fraction of sp³-hybridized carbons (Fsp3) is 0.300. The predicted octanol–water partition coefficient (Wildman–Crippen LogP) is 1.54. The molecule has 0 spiro atoms. The summed E-state index contributed by atoms with van der Waals surface area (Å²) in [7, 11) is -3.81. The van der Waals surface area contributed by atoms with Crippen LogP contribution in [0.5, 0.6) is 0 Å². The van der Waals surface area contributed by atoms with Gasteiger partial charge in [0.1, 0.15) is 6.04 Å². The zero-order valence-corrected chi connectivity index (χ0v) is 12.7. The molecule has 18 heavy (non-hydrogen) atoms. The smallest absolute Gasteiger partial charge is 0.322 e. The molecule has 0 amide bonds. The van der Waals surface area contributed by atoms with Crippen molar-refractivity contribution in [3.8, 4) is 0 Å². The highest BCUT2D eigenvalue weighted by atomic mass is 79.9. The second-order valence-corrected chi connectivity index (χ2v) is 6.96. The van der Waals surface area contributed by atoms with Crippen LogP contribution in [-0.2, 0) is 14.8 Å². The molecule has 0 bridgehead atoms. The van der Waals surface area contributed by atoms with E-state index >= 15 is 0 Å². The topological polar surface area (TPSA) is 83.5 Å². The van der Waals surface area contributed by atoms with Gasteiger partial charge in [0.25, 0.3) is 0 Å². The van der Waals surface area contributed by atoms with Gasteiger partial charge < -0.3 is 5.11 Å². The number of nitrogens with one attached hydrogen (secondary N) is 1. The maximum atomic E-state index is 11.9. The van der Waals surface area contributed by atoms with Gasteiger partial charge in [-0.25, -0.2) is 8.42 Å². The zero-order chi connectivity index (χ0) is 13.8. The minimum absolute atomic E-state index is 0.0399. The van der Waals surface area contributed by atoms with Gasteiger partial charge in [-0.05, 0) is 30.5 Å². The molecule has 1 atom stereocenters. The lowest BCUT2D eigenvalue weighted by atomic mass is 10.4. The van der Waals surface area contributed by atoms with Crippen LogP contribution >= 0.6 is 27.7 Å². The van der Waals surface area contributed by atoms with E-state index in [0.29, 0.717) is 0 Å². The van der Waals surface area contributed by atoms with Crippen LogP contribution in [0.1, 0.15) is 0 Å². The predicted molar refractivity (Wildman–Crippen MR) is 74.3 cm³/mol. The molecule has 0 aliphatic heterocycles. The molecule has 2 N–H and O–H groups in total. The van der Waals surface area contributed by atoms with E-state index in [9.17, 15) is 13.2 Å². The van der Waals surface area contributed by atoms with Gasteiger partial charge in [-0.1, -0.05) is 15.9 Å². The van der Waals surface area contributed by atoms with Gasteiger partial charge in [0.2, 0.25) is 10.0 Å². The highest BCUT2D eigenvalue weighted by molar-refractivity contribution is 9.10. The third-order valence-corrected chi connectivity index (χ3v) is 4.74. The van der Waals surface area contributed by atoms with Crippen LogP contribution in [0, 0.1) is 0 Å². The molecule has 0 aromatic heterocycles. The average Bonchev–Trinajstić information content (AvgIpc) is 2.28. The normalized spacial score (nSPS) is 13.2. The zero-order valence-electron chi connectivity index (χ0n) is 9.46. The van der Waals surface area contributed by atoms with Crippen molar-refractivity contribution in [1.82, 2.24) is 4.72 Å². The summed E-state index contributed by atoms with van der Waals surface area (Å²) < 4.78 is 26.8. The Hall–Kier alpha value is -0.570. The van der Waals surface area contributed by atoms with Gasteiger partial charge >= 0.3 is 5.97 Å². The van der Waals surface area contributed by atoms with Gasteiger partial charge in [-0.15, -0.1) is 0 Å². The monoisotopic (exact) mass is 353 g/mol. The molecule has 100 valence electrons. The van der Waals surface area contributed by atoms with Crippen LogP contribution in [-0.4, -0.2) is 37.5 Å². The third kappa shape index (κ3) is 4.27. The number of carboxylic acid groups (broad SMARTS) is 1. The second kappa shape index (κ2) is 6.55. The number of sulfonamides is 1. The molecule has 0 aliphatic rings. The number of hydrogen-bond acceptors (Lipinski definition) is 4. The SMILES string of the molecule is CSC[C@H](NS(=O)(=O)c1ccc(Br)cc1)C(=O)O. The summed E-state index contributed by atoms with van der Waals surface area (Å²) in [4.78, 5) is 10.9. The summed E-state index contributed by atoms with van der Waals surface area (Å²) in [5, 5.41) is 8.91. The number of benzene rings is 1. The maximum absolute atomic E-state index is 11.9. The van der Waals surface area contributed by atoms with Crippen molar-refractivity contribution in [2.24, 2.45) is 0 Å². The van der Waals surface area contributed by atoms with E-state index in [0.717, 1.165) is 4.47 Å². The summed E-state index contributed by atoms with van der Waals surface area (Å²) in [5.74, 6) is -1.02. The highest BCUT2D eigenvalue weighted by Gasteiger charge is 2.24. The lowest BCUT2D eigenvalue weighted by Crippen LogP contribution is -2.42. The first-order valence-electron chi connectivity index (χ1n) is 4.86. The Balaban J connectivity index is 2.93. The first kappa shape index (κ1) is 15.5. The minimum atomic E-state index is -3.81. The number of rotatable bonds is 6. The third-order valence-electron chi connectivity index (χ3n) is 2.05. The van der Waals surface area contributed by atoms with Crippen molar-refractivity contribution in [2.45, 2.75) is 10.9 Å². The maximum Gasteiger partial charge on any atom is 0.322 e. The largest absolute Gasteiger partial charge is 0.480 e. The molecular weight excluding hydrogens is 342 g/mol. The summed E-state index contributed by atoms with van der Waals surface area (Å²) in [6.07, 6.45) is 1.71. The van der Waals surface area contributed by atoms with Crippen LogP contribution < -0.4 is 4.72 Å². The summed E-state index contributed by atoms with van der Waals surface area (Å²) in [5.41, 5.74) is 0. The van der Waals surface area contributed by atoms with E-state index in [-0.39, 0.29) is 10.6 Å². The fourth-order valence-electron chi connectivity index (χ4n) is 1.19. The van der Waals surface area contributed by atoms with Crippen LogP contribution in [0.4, 0.5) is 0 Å². The van der Waals surface area contributed by atoms with E-state index in [2.05, 4.69) is 20.7 Å². The van der Waals surface area contributed by atoms with E-state index in [1.807, 2.05) is 0 Å². The van der Waals surface area contributed by atoms with Crippen LogP contribution in [0.25, 0.3) is 0 Å². The Kier molecular flexibility index (Phi) is 5.64. The molecule has 0 saturated carbocycles. The Bertz CT molecular complexity index is 515. The lowest BCUT2D eigenvalue weighted by molar-refractivity contribution is -0.138. The molecule has 1 aromatic rings. The number of aliphatic carboxylic acids is 1. The lowest BCUT2D eigenvalue weighted by Gasteiger charge is -2.13. The van der Waals surface area contributed by atoms with E-state index < -0.39 is 22.0 Å². The van der Waals surface area contributed by atoms with Crippen molar-refractivity contribution in [1.29, 1.82) is 0 Å². The van der Waals surface area contributed by atoms with Gasteiger partial charge in [0, 0.05) is 10.2 Å². The summed E-state index contributed by atoms with van der Waals surface area (Å²) in [6, 6.07) is 4.85. The number of carboxylic acids is 1. The molecule has 1 rings (SSSR count). The number of halogens is 1. The molecule has 5 nitrogen and oxygen atoms in total. The number of hydrogen-bond donors (Lipinski definition) is 2. The fourth-order valence-corrected chi connectivity index (χ4v) is 3.31. The Labute approximate surface area is 118 Å². The Morgan fingerprint density at radius 3 is 2.44 bits per heavy atom. The van der Waals surface area contributed by atoms with Crippen LogP contribution in [0.2, 0.25) is 0 Å². The van der Waals surface area contributed by atoms with E-state index in [4.69, 9.17) is 5.11 Å². The standard InChI is InChI=1S/C10H12BrNO4S2/c1-17-6-9(10(13)14)12-18(15,16)8-4-2-7(11)3-5-8/h2-5,9,12H,6H2,1H3,(H,13,14)/t9-/m0/s1. The molecule has 0 unspecified atom stereocenters. The molecule has 0 fully saturated rings. The van der Waals surface area contributed by atoms with E-state index in [1.54, 1.807) is 18.4 Å². The number of carbonyl (C=O) groups is 1. The summed E-state index contributed by atoms with van der Waals surface area (Å²) >= 11 is 4.46. The highest BCUT2D eigenvalue weighted by Crippen LogP contribution is 2.15.